The summed E-state index contributed by atoms with van der Waals surface area (Å²) in [6.07, 6.45) is 0.836. The second-order valence-electron chi connectivity index (χ2n) is 2.31. The van der Waals surface area contributed by atoms with Crippen molar-refractivity contribution in [2.75, 3.05) is 6.61 Å². The quantitative estimate of drug-likeness (QED) is 0.428. The zero-order valence-corrected chi connectivity index (χ0v) is 5.02. The molecule has 3 nitrogen and oxygen atoms in total. The van der Waals surface area contributed by atoms with Crippen molar-refractivity contribution in [3.8, 4) is 0 Å². The highest BCUT2D eigenvalue weighted by atomic mass is 32.2. The molecule has 0 amide bonds. The van der Waals surface area contributed by atoms with Crippen LogP contribution < -0.4 is 0 Å². The van der Waals surface area contributed by atoms with E-state index in [0.717, 1.165) is 6.42 Å². The van der Waals surface area contributed by atoms with E-state index in [-0.39, 0.29) is 5.25 Å². The lowest BCUT2D eigenvalue weighted by Crippen LogP contribution is -2.03. The molecule has 1 aliphatic heterocycles. The molecule has 0 spiro atoms. The largest absolute Gasteiger partial charge is 0.270 e. The van der Waals surface area contributed by atoms with E-state index in [9.17, 15) is 8.42 Å². The van der Waals surface area contributed by atoms with Crippen LogP contribution in [0.15, 0.2) is 0 Å². The van der Waals surface area contributed by atoms with Crippen molar-refractivity contribution in [2.45, 2.75) is 11.7 Å². The molecule has 1 heterocycles. The van der Waals surface area contributed by atoms with E-state index in [0.29, 0.717) is 12.5 Å². The van der Waals surface area contributed by atoms with Gasteiger partial charge in [0.2, 0.25) is 0 Å². The third kappa shape index (κ3) is 0.444. The average Bonchev–Trinajstić information content (AvgIpc) is 2.34. The SMILES string of the molecule is O=S1(=O)OCC2CC21. The Kier molecular flexibility index (Phi) is 0.646. The van der Waals surface area contributed by atoms with Gasteiger partial charge in [-0.25, -0.2) is 0 Å². The van der Waals surface area contributed by atoms with Crippen LogP contribution in [0.5, 0.6) is 0 Å². The Morgan fingerprint density at radius 2 is 2.25 bits per heavy atom. The molecule has 2 atom stereocenters. The van der Waals surface area contributed by atoms with Crippen LogP contribution in [-0.4, -0.2) is 20.3 Å². The molecule has 1 saturated heterocycles. The van der Waals surface area contributed by atoms with E-state index in [1.165, 1.54) is 0 Å². The molecule has 0 N–H and O–H groups in total. The zero-order chi connectivity index (χ0) is 5.78. The fraction of sp³-hybridized carbons (Fsp3) is 1.00. The van der Waals surface area contributed by atoms with Crippen LogP contribution in [-0.2, 0) is 14.3 Å². The smallest absolute Gasteiger partial charge is 0.270 e. The van der Waals surface area contributed by atoms with Crippen LogP contribution in [0.25, 0.3) is 0 Å². The fourth-order valence-corrected chi connectivity index (χ4v) is 2.59. The topological polar surface area (TPSA) is 43.4 Å². The van der Waals surface area contributed by atoms with Gasteiger partial charge in [-0.15, -0.1) is 0 Å². The molecule has 2 rings (SSSR count). The van der Waals surface area contributed by atoms with E-state index in [1.807, 2.05) is 0 Å². The molecule has 46 valence electrons. The van der Waals surface area contributed by atoms with Gasteiger partial charge in [-0.1, -0.05) is 0 Å². The lowest BCUT2D eigenvalue weighted by molar-refractivity contribution is 0.328. The first-order valence-corrected chi connectivity index (χ1v) is 4.05. The van der Waals surface area contributed by atoms with Crippen molar-refractivity contribution in [2.24, 2.45) is 5.92 Å². The average molecular weight is 134 g/mol. The Balaban J connectivity index is 2.42. The van der Waals surface area contributed by atoms with E-state index in [2.05, 4.69) is 4.18 Å². The molecular formula is C4H6O3S. The summed E-state index contributed by atoms with van der Waals surface area (Å²) in [5.41, 5.74) is 0. The Hall–Kier alpha value is -0.0900. The summed E-state index contributed by atoms with van der Waals surface area (Å²) in [6.45, 7) is 0.438. The van der Waals surface area contributed by atoms with Gasteiger partial charge < -0.3 is 0 Å². The van der Waals surface area contributed by atoms with E-state index in [4.69, 9.17) is 0 Å². The van der Waals surface area contributed by atoms with Gasteiger partial charge >= 0.3 is 0 Å². The molecule has 0 radical (unpaired) electrons. The van der Waals surface area contributed by atoms with Crippen LogP contribution in [0, 0.1) is 5.92 Å². The second-order valence-corrected chi connectivity index (χ2v) is 4.14. The Bertz CT molecular complexity index is 205. The van der Waals surface area contributed by atoms with Gasteiger partial charge in [0.05, 0.1) is 11.9 Å². The predicted octanol–water partition coefficient (Wildman–Crippen LogP) is -0.265. The van der Waals surface area contributed by atoms with Crippen molar-refractivity contribution < 1.29 is 12.6 Å². The molecule has 1 aliphatic carbocycles. The highest BCUT2D eigenvalue weighted by Crippen LogP contribution is 2.43. The molecule has 2 fully saturated rings. The van der Waals surface area contributed by atoms with Crippen molar-refractivity contribution in [3.63, 3.8) is 0 Å². The van der Waals surface area contributed by atoms with Gasteiger partial charge in [0.15, 0.2) is 0 Å². The van der Waals surface area contributed by atoms with Crippen molar-refractivity contribution in [1.29, 1.82) is 0 Å². The molecular weight excluding hydrogens is 128 g/mol. The maximum atomic E-state index is 10.6. The standard InChI is InChI=1S/C4H6O3S/c5-8(6)4-1-3(4)2-7-8/h3-4H,1-2H2. The predicted molar refractivity (Wildman–Crippen MR) is 26.8 cm³/mol. The van der Waals surface area contributed by atoms with Crippen molar-refractivity contribution in [1.82, 2.24) is 0 Å². The number of rotatable bonds is 0. The summed E-state index contributed by atoms with van der Waals surface area (Å²) >= 11 is 0. The Morgan fingerprint density at radius 1 is 1.50 bits per heavy atom. The van der Waals surface area contributed by atoms with Crippen molar-refractivity contribution in [3.05, 3.63) is 0 Å². The summed E-state index contributed by atoms with van der Waals surface area (Å²) < 4.78 is 25.6. The molecule has 0 aromatic heterocycles. The van der Waals surface area contributed by atoms with Gasteiger partial charge in [0, 0.05) is 5.92 Å². The third-order valence-electron chi connectivity index (χ3n) is 1.67. The Labute approximate surface area is 47.8 Å². The van der Waals surface area contributed by atoms with Crippen LogP contribution in [0.4, 0.5) is 0 Å². The molecule has 8 heavy (non-hydrogen) atoms. The van der Waals surface area contributed by atoms with Crippen LogP contribution in [0.2, 0.25) is 0 Å². The minimum atomic E-state index is -3.05. The summed E-state index contributed by atoms with van der Waals surface area (Å²) in [6, 6.07) is 0. The lowest BCUT2D eigenvalue weighted by atomic mass is 10.5. The van der Waals surface area contributed by atoms with Gasteiger partial charge in [-0.3, -0.25) is 4.18 Å². The summed E-state index contributed by atoms with van der Waals surface area (Å²) in [4.78, 5) is 0. The maximum Gasteiger partial charge on any atom is 0.270 e. The van der Waals surface area contributed by atoms with E-state index < -0.39 is 10.1 Å². The van der Waals surface area contributed by atoms with Gasteiger partial charge in [0.25, 0.3) is 10.1 Å². The van der Waals surface area contributed by atoms with Crippen LogP contribution in [0.1, 0.15) is 6.42 Å². The van der Waals surface area contributed by atoms with Crippen molar-refractivity contribution >= 4 is 10.1 Å². The van der Waals surface area contributed by atoms with Gasteiger partial charge in [-0.05, 0) is 6.42 Å². The van der Waals surface area contributed by atoms with Gasteiger partial charge in [0.1, 0.15) is 0 Å². The molecule has 2 aliphatic rings. The first-order valence-electron chi connectivity index (χ1n) is 2.58. The number of fused-ring (bicyclic) bond motifs is 1. The fourth-order valence-electron chi connectivity index (χ4n) is 1.02. The summed E-state index contributed by atoms with van der Waals surface area (Å²) in [5, 5.41) is -0.123. The molecule has 4 heteroatoms. The minimum Gasteiger partial charge on any atom is -0.270 e. The molecule has 2 unspecified atom stereocenters. The maximum absolute atomic E-state index is 10.6. The minimum absolute atomic E-state index is 0.123. The monoisotopic (exact) mass is 134 g/mol. The highest BCUT2D eigenvalue weighted by Gasteiger charge is 2.54. The highest BCUT2D eigenvalue weighted by molar-refractivity contribution is 7.88. The first kappa shape index (κ1) is 4.76. The normalized spacial score (nSPS) is 48.5. The van der Waals surface area contributed by atoms with E-state index in [1.54, 1.807) is 0 Å². The summed E-state index contributed by atoms with van der Waals surface area (Å²) in [7, 11) is -3.05. The van der Waals surface area contributed by atoms with Crippen LogP contribution in [0.3, 0.4) is 0 Å². The van der Waals surface area contributed by atoms with Crippen LogP contribution >= 0.6 is 0 Å². The third-order valence-corrected chi connectivity index (χ3v) is 3.46. The number of hydrogen-bond donors (Lipinski definition) is 0. The molecule has 0 aromatic rings. The summed E-state index contributed by atoms with van der Waals surface area (Å²) in [5.74, 6) is 0.347. The Morgan fingerprint density at radius 3 is 2.38 bits per heavy atom. The first-order chi connectivity index (χ1) is 3.70. The second kappa shape index (κ2) is 1.09. The molecule has 0 bridgehead atoms. The molecule has 1 saturated carbocycles. The van der Waals surface area contributed by atoms with E-state index >= 15 is 0 Å². The molecule has 0 aromatic carbocycles. The lowest BCUT2D eigenvalue weighted by Gasteiger charge is -1.91. The zero-order valence-electron chi connectivity index (χ0n) is 4.20. The van der Waals surface area contributed by atoms with Gasteiger partial charge in [-0.2, -0.15) is 8.42 Å². The number of hydrogen-bond acceptors (Lipinski definition) is 3.